The van der Waals surface area contributed by atoms with Crippen LogP contribution in [0.25, 0.3) is 0 Å². The van der Waals surface area contributed by atoms with Crippen molar-refractivity contribution in [2.24, 2.45) is 0 Å². The summed E-state index contributed by atoms with van der Waals surface area (Å²) in [6, 6.07) is 9.60. The number of rotatable bonds is 5. The molecule has 0 bridgehead atoms. The van der Waals surface area contributed by atoms with Crippen LogP contribution in [0.3, 0.4) is 0 Å². The first-order valence-corrected chi connectivity index (χ1v) is 6.12. The summed E-state index contributed by atoms with van der Waals surface area (Å²) in [5, 5.41) is 1.82. The van der Waals surface area contributed by atoms with Crippen LogP contribution in [0, 0.1) is 0 Å². The van der Waals surface area contributed by atoms with Gasteiger partial charge < -0.3 is 5.32 Å². The zero-order chi connectivity index (χ0) is 12.7. The summed E-state index contributed by atoms with van der Waals surface area (Å²) in [5.41, 5.74) is 1.11. The first-order chi connectivity index (χ1) is 8.00. The van der Waals surface area contributed by atoms with Gasteiger partial charge in [0.1, 0.15) is 0 Å². The third-order valence-electron chi connectivity index (χ3n) is 1.90. The molecular formula is C11H12F3NOS. The number of hydrogen-bond acceptors (Lipinski definition) is 2. The van der Waals surface area contributed by atoms with Gasteiger partial charge in [-0.1, -0.05) is 30.3 Å². The van der Waals surface area contributed by atoms with Crippen LogP contribution in [0.5, 0.6) is 0 Å². The van der Waals surface area contributed by atoms with E-state index in [1.807, 2.05) is 35.6 Å². The molecule has 0 saturated heterocycles. The van der Waals surface area contributed by atoms with Gasteiger partial charge in [-0.15, -0.1) is 0 Å². The number of benzene rings is 1. The van der Waals surface area contributed by atoms with E-state index in [9.17, 15) is 18.0 Å². The lowest BCUT2D eigenvalue weighted by Crippen LogP contribution is -2.37. The van der Waals surface area contributed by atoms with Gasteiger partial charge in [-0.3, -0.25) is 4.79 Å². The second kappa shape index (κ2) is 6.54. The molecule has 1 amide bonds. The summed E-state index contributed by atoms with van der Waals surface area (Å²) in [4.78, 5) is 10.5. The number of alkyl halides is 3. The van der Waals surface area contributed by atoms with Crippen LogP contribution in [0.4, 0.5) is 13.2 Å². The molecule has 0 heterocycles. The highest BCUT2D eigenvalue weighted by Crippen LogP contribution is 2.14. The Labute approximate surface area is 102 Å². The Balaban J connectivity index is 2.12. The highest BCUT2D eigenvalue weighted by molar-refractivity contribution is 7.98. The number of amides is 1. The van der Waals surface area contributed by atoms with Crippen LogP contribution in [0.1, 0.15) is 5.56 Å². The first-order valence-electron chi connectivity index (χ1n) is 4.97. The highest BCUT2D eigenvalue weighted by atomic mass is 32.2. The van der Waals surface area contributed by atoms with E-state index in [0.717, 1.165) is 11.3 Å². The van der Waals surface area contributed by atoms with Gasteiger partial charge in [0.2, 0.25) is 0 Å². The van der Waals surface area contributed by atoms with Crippen molar-refractivity contribution in [1.29, 1.82) is 0 Å². The Morgan fingerprint density at radius 1 is 1.24 bits per heavy atom. The number of carbonyl (C=O) groups excluding carboxylic acids is 1. The lowest BCUT2D eigenvalue weighted by Gasteiger charge is -2.07. The zero-order valence-electron chi connectivity index (χ0n) is 8.96. The molecule has 2 nitrogen and oxygen atoms in total. The number of carbonyl (C=O) groups is 1. The molecular weight excluding hydrogens is 251 g/mol. The Morgan fingerprint density at radius 2 is 1.88 bits per heavy atom. The zero-order valence-corrected chi connectivity index (χ0v) is 9.77. The number of hydrogen-bond donors (Lipinski definition) is 1. The number of halogens is 3. The standard InChI is InChI=1S/C11H12F3NOS/c12-11(13,14)10(16)15-6-7-17-8-9-4-2-1-3-5-9/h1-5H,6-8H2,(H,15,16). The topological polar surface area (TPSA) is 29.1 Å². The minimum Gasteiger partial charge on any atom is -0.347 e. The van der Waals surface area contributed by atoms with E-state index in [4.69, 9.17) is 0 Å². The monoisotopic (exact) mass is 263 g/mol. The quantitative estimate of drug-likeness (QED) is 0.827. The molecule has 17 heavy (non-hydrogen) atoms. The van der Waals surface area contributed by atoms with Gasteiger partial charge in [0.15, 0.2) is 0 Å². The van der Waals surface area contributed by atoms with Gasteiger partial charge in [-0.25, -0.2) is 0 Å². The van der Waals surface area contributed by atoms with Crippen LogP contribution in [-0.2, 0) is 10.5 Å². The third kappa shape index (κ3) is 5.63. The second-order valence-corrected chi connectivity index (χ2v) is 4.40. The summed E-state index contributed by atoms with van der Waals surface area (Å²) in [7, 11) is 0. The average molecular weight is 263 g/mol. The molecule has 1 aromatic rings. The van der Waals surface area contributed by atoms with Crippen molar-refractivity contribution >= 4 is 17.7 Å². The van der Waals surface area contributed by atoms with Crippen LogP contribution < -0.4 is 5.32 Å². The maximum absolute atomic E-state index is 11.8. The van der Waals surface area contributed by atoms with E-state index in [0.29, 0.717) is 5.75 Å². The Hall–Kier alpha value is -1.17. The molecule has 0 aromatic heterocycles. The van der Waals surface area contributed by atoms with Gasteiger partial charge in [0, 0.05) is 18.1 Å². The molecule has 0 aliphatic carbocycles. The third-order valence-corrected chi connectivity index (χ3v) is 2.93. The average Bonchev–Trinajstić information content (AvgIpc) is 2.28. The molecule has 0 saturated carbocycles. The van der Waals surface area contributed by atoms with Crippen LogP contribution >= 0.6 is 11.8 Å². The smallest absolute Gasteiger partial charge is 0.347 e. The molecule has 1 aromatic carbocycles. The maximum Gasteiger partial charge on any atom is 0.471 e. The van der Waals surface area contributed by atoms with Crippen molar-refractivity contribution in [3.05, 3.63) is 35.9 Å². The molecule has 1 N–H and O–H groups in total. The summed E-state index contributed by atoms with van der Waals surface area (Å²) in [5.74, 6) is -0.697. The van der Waals surface area contributed by atoms with E-state index in [2.05, 4.69) is 0 Å². The molecule has 0 aliphatic heterocycles. The Morgan fingerprint density at radius 3 is 2.47 bits per heavy atom. The van der Waals surface area contributed by atoms with E-state index in [-0.39, 0.29) is 6.54 Å². The minimum absolute atomic E-state index is 0.0237. The summed E-state index contributed by atoms with van der Waals surface area (Å²) >= 11 is 1.48. The molecule has 0 atom stereocenters. The van der Waals surface area contributed by atoms with E-state index >= 15 is 0 Å². The van der Waals surface area contributed by atoms with Crippen molar-refractivity contribution in [2.75, 3.05) is 12.3 Å². The molecule has 0 radical (unpaired) electrons. The van der Waals surface area contributed by atoms with Gasteiger partial charge in [-0.05, 0) is 5.56 Å². The Kier molecular flexibility index (Phi) is 5.34. The summed E-state index contributed by atoms with van der Waals surface area (Å²) in [6.07, 6.45) is -4.79. The van der Waals surface area contributed by atoms with Crippen LogP contribution in [0.2, 0.25) is 0 Å². The number of thioether (sulfide) groups is 1. The SMILES string of the molecule is O=C(NCCSCc1ccccc1)C(F)(F)F. The van der Waals surface area contributed by atoms with E-state index in [1.165, 1.54) is 11.8 Å². The fourth-order valence-corrected chi connectivity index (χ4v) is 1.92. The van der Waals surface area contributed by atoms with Crippen LogP contribution in [-0.4, -0.2) is 24.4 Å². The predicted octanol–water partition coefficient (Wildman–Crippen LogP) is 2.60. The van der Waals surface area contributed by atoms with Gasteiger partial charge in [-0.2, -0.15) is 24.9 Å². The van der Waals surface area contributed by atoms with E-state index < -0.39 is 12.1 Å². The highest BCUT2D eigenvalue weighted by Gasteiger charge is 2.38. The van der Waals surface area contributed by atoms with Crippen molar-refractivity contribution in [3.63, 3.8) is 0 Å². The number of nitrogens with one attached hydrogen (secondary N) is 1. The fraction of sp³-hybridized carbons (Fsp3) is 0.364. The molecule has 0 spiro atoms. The maximum atomic E-state index is 11.8. The van der Waals surface area contributed by atoms with Crippen molar-refractivity contribution in [3.8, 4) is 0 Å². The first kappa shape index (κ1) is 13.9. The molecule has 0 unspecified atom stereocenters. The van der Waals surface area contributed by atoms with E-state index in [1.54, 1.807) is 0 Å². The minimum atomic E-state index is -4.79. The van der Waals surface area contributed by atoms with Crippen molar-refractivity contribution in [2.45, 2.75) is 11.9 Å². The van der Waals surface area contributed by atoms with Crippen molar-refractivity contribution in [1.82, 2.24) is 5.32 Å². The van der Waals surface area contributed by atoms with Gasteiger partial charge in [0.25, 0.3) is 0 Å². The Bertz CT molecular complexity index is 353. The molecule has 0 fully saturated rings. The molecule has 6 heteroatoms. The fourth-order valence-electron chi connectivity index (χ4n) is 1.10. The largest absolute Gasteiger partial charge is 0.471 e. The van der Waals surface area contributed by atoms with Crippen molar-refractivity contribution < 1.29 is 18.0 Å². The summed E-state index contributed by atoms with van der Waals surface area (Å²) in [6.45, 7) is 0.0237. The molecule has 0 aliphatic rings. The van der Waals surface area contributed by atoms with Gasteiger partial charge >= 0.3 is 12.1 Å². The molecule has 94 valence electrons. The molecule has 1 rings (SSSR count). The normalized spacial score (nSPS) is 11.2. The second-order valence-electron chi connectivity index (χ2n) is 3.29. The van der Waals surface area contributed by atoms with Crippen LogP contribution in [0.15, 0.2) is 30.3 Å². The summed E-state index contributed by atoms with van der Waals surface area (Å²) < 4.78 is 35.4. The predicted molar refractivity (Wildman–Crippen MR) is 61.7 cm³/mol. The lowest BCUT2D eigenvalue weighted by atomic mass is 10.2. The lowest BCUT2D eigenvalue weighted by molar-refractivity contribution is -0.173. The van der Waals surface area contributed by atoms with Gasteiger partial charge in [0.05, 0.1) is 0 Å².